The maximum absolute atomic E-state index is 13.0. The van der Waals surface area contributed by atoms with E-state index >= 15 is 0 Å². The second-order valence-corrected chi connectivity index (χ2v) is 8.18. The summed E-state index contributed by atoms with van der Waals surface area (Å²) < 4.78 is 83.8. The van der Waals surface area contributed by atoms with Crippen LogP contribution in [-0.2, 0) is 16.0 Å². The number of aromatic nitrogens is 2. The van der Waals surface area contributed by atoms with Crippen molar-refractivity contribution in [1.82, 2.24) is 9.55 Å². The highest BCUT2D eigenvalue weighted by molar-refractivity contribution is 7.93. The van der Waals surface area contributed by atoms with Gasteiger partial charge in [-0.15, -0.1) is 0 Å². The largest absolute Gasteiger partial charge is 0.428 e. The van der Waals surface area contributed by atoms with E-state index in [1.54, 1.807) is 0 Å². The minimum absolute atomic E-state index is 0.164. The van der Waals surface area contributed by atoms with E-state index in [2.05, 4.69) is 16.6 Å². The molecule has 0 saturated carbocycles. The third-order valence-electron chi connectivity index (χ3n) is 3.03. The van der Waals surface area contributed by atoms with Crippen molar-refractivity contribution < 1.29 is 30.4 Å². The number of hydrogen-bond acceptors (Lipinski definition) is 3. The van der Waals surface area contributed by atoms with Gasteiger partial charge in [0, 0.05) is 6.20 Å². The van der Waals surface area contributed by atoms with Gasteiger partial charge in [0.25, 0.3) is 9.84 Å². The first-order valence-corrected chi connectivity index (χ1v) is 8.72. The number of alkyl halides is 6. The Morgan fingerprint density at radius 1 is 1.08 bits per heavy atom. The van der Waals surface area contributed by atoms with Crippen LogP contribution in [0.3, 0.4) is 0 Å². The molecular formula is C12H6Cl3F5N2O2S. The van der Waals surface area contributed by atoms with Gasteiger partial charge in [0.05, 0.1) is 21.3 Å². The van der Waals surface area contributed by atoms with E-state index in [0.717, 1.165) is 4.57 Å². The monoisotopic (exact) mass is 442 g/mol. The minimum atomic E-state index is -5.31. The summed E-state index contributed by atoms with van der Waals surface area (Å²) >= 11 is 16.2. The van der Waals surface area contributed by atoms with Gasteiger partial charge in [-0.1, -0.05) is 23.2 Å². The van der Waals surface area contributed by atoms with Gasteiger partial charge >= 0.3 is 10.9 Å². The minimum Gasteiger partial charge on any atom is -0.300 e. The molecule has 1 heterocycles. The Morgan fingerprint density at radius 2 is 1.56 bits per heavy atom. The van der Waals surface area contributed by atoms with E-state index in [0.29, 0.717) is 18.3 Å². The molecule has 0 atom stereocenters. The first-order valence-electron chi connectivity index (χ1n) is 6.10. The molecule has 0 N–H and O–H groups in total. The average molecular weight is 444 g/mol. The molecule has 1 aromatic carbocycles. The van der Waals surface area contributed by atoms with Crippen molar-refractivity contribution in [3.8, 4) is 5.69 Å². The molecule has 138 valence electrons. The molecule has 0 aliphatic heterocycles. The van der Waals surface area contributed by atoms with Crippen LogP contribution in [0.15, 0.2) is 23.4 Å². The molecule has 0 unspecified atom stereocenters. The van der Waals surface area contributed by atoms with Crippen molar-refractivity contribution in [3.63, 3.8) is 0 Å². The number of nitrogens with zero attached hydrogens (tertiary/aromatic N) is 2. The molecule has 13 heteroatoms. The lowest BCUT2D eigenvalue weighted by molar-refractivity contribution is -0.137. The fourth-order valence-corrected chi connectivity index (χ4v) is 3.52. The van der Waals surface area contributed by atoms with Crippen molar-refractivity contribution in [2.75, 3.05) is 0 Å². The molecule has 0 aliphatic carbocycles. The van der Waals surface area contributed by atoms with Crippen LogP contribution < -0.4 is 0 Å². The molecular weight excluding hydrogens is 438 g/mol. The number of benzene rings is 1. The van der Waals surface area contributed by atoms with Crippen molar-refractivity contribution >= 4 is 44.6 Å². The molecule has 4 nitrogen and oxygen atoms in total. The highest BCUT2D eigenvalue weighted by atomic mass is 35.5. The second-order valence-electron chi connectivity index (χ2n) is 4.73. The summed E-state index contributed by atoms with van der Waals surface area (Å²) in [5.74, 6) is -0.164. The van der Waals surface area contributed by atoms with Crippen LogP contribution in [0.4, 0.5) is 22.0 Å². The molecule has 0 bridgehead atoms. The summed E-state index contributed by atoms with van der Waals surface area (Å²) in [7, 11) is -5.31. The van der Waals surface area contributed by atoms with E-state index in [-0.39, 0.29) is 11.5 Å². The Morgan fingerprint density at radius 3 is 1.96 bits per heavy atom. The third kappa shape index (κ3) is 3.71. The first-order chi connectivity index (χ1) is 11.2. The molecule has 2 rings (SSSR count). The van der Waals surface area contributed by atoms with E-state index in [1.807, 2.05) is 0 Å². The van der Waals surface area contributed by atoms with E-state index in [1.165, 1.54) is 6.92 Å². The standard InChI is InChI=1S/C12H6Cl3F5N2O2S/c1-5-21-9(25(23,24)12(15,19)20)4-22(5)10-7(13)2-6(3-8(10)14)11(16,17)18/h2-4H,1H3. The van der Waals surface area contributed by atoms with Crippen molar-refractivity contribution in [1.29, 1.82) is 0 Å². The summed E-state index contributed by atoms with van der Waals surface area (Å²) in [6.45, 7) is 1.22. The smallest absolute Gasteiger partial charge is 0.300 e. The van der Waals surface area contributed by atoms with E-state index in [4.69, 9.17) is 23.2 Å². The highest BCUT2D eigenvalue weighted by Gasteiger charge is 2.46. The lowest BCUT2D eigenvalue weighted by Crippen LogP contribution is -2.22. The number of imidazole rings is 1. The van der Waals surface area contributed by atoms with Gasteiger partial charge in [0.1, 0.15) is 5.82 Å². The average Bonchev–Trinajstić information content (AvgIpc) is 2.78. The van der Waals surface area contributed by atoms with E-state index < -0.39 is 41.4 Å². The van der Waals surface area contributed by atoms with Crippen molar-refractivity contribution in [3.05, 3.63) is 39.8 Å². The first kappa shape index (κ1) is 20.2. The SMILES string of the molecule is Cc1nc(S(=O)(=O)C(F)(F)Cl)cn1-c1c(Cl)cc(C(F)(F)F)cc1Cl. The van der Waals surface area contributed by atoms with Gasteiger partial charge < -0.3 is 0 Å². The molecule has 0 aliphatic rings. The summed E-state index contributed by atoms with van der Waals surface area (Å²) in [6, 6.07) is 1.12. The Labute approximate surface area is 153 Å². The maximum Gasteiger partial charge on any atom is 0.428 e. The fraction of sp³-hybridized carbons (Fsp3) is 0.250. The van der Waals surface area contributed by atoms with Gasteiger partial charge in [-0.05, 0) is 30.7 Å². The molecule has 25 heavy (non-hydrogen) atoms. The molecule has 0 radical (unpaired) electrons. The van der Waals surface area contributed by atoms with Crippen LogP contribution in [-0.4, -0.2) is 22.7 Å². The predicted molar refractivity (Wildman–Crippen MR) is 81.3 cm³/mol. The van der Waals surface area contributed by atoms with Crippen LogP contribution >= 0.6 is 34.8 Å². The number of sulfone groups is 1. The van der Waals surface area contributed by atoms with E-state index in [9.17, 15) is 30.4 Å². The van der Waals surface area contributed by atoms with Crippen molar-refractivity contribution in [2.45, 2.75) is 22.8 Å². The van der Waals surface area contributed by atoms with Gasteiger partial charge in [0.15, 0.2) is 5.03 Å². The zero-order valence-electron chi connectivity index (χ0n) is 11.9. The Bertz CT molecular complexity index is 912. The Hall–Kier alpha value is -1.10. The van der Waals surface area contributed by atoms with Crippen LogP contribution in [0.5, 0.6) is 0 Å². The molecule has 0 saturated heterocycles. The number of rotatable bonds is 3. The highest BCUT2D eigenvalue weighted by Crippen LogP contribution is 2.39. The van der Waals surface area contributed by atoms with Crippen molar-refractivity contribution in [2.24, 2.45) is 0 Å². The Kier molecular flexibility index (Phi) is 5.06. The number of hydrogen-bond donors (Lipinski definition) is 0. The lowest BCUT2D eigenvalue weighted by atomic mass is 10.2. The van der Waals surface area contributed by atoms with Gasteiger partial charge in [0.2, 0.25) is 0 Å². The summed E-state index contributed by atoms with van der Waals surface area (Å²) in [6.07, 6.45) is -4.08. The molecule has 1 aromatic heterocycles. The topological polar surface area (TPSA) is 52.0 Å². The maximum atomic E-state index is 13.0. The zero-order chi connectivity index (χ0) is 19.4. The summed E-state index contributed by atoms with van der Waals surface area (Å²) in [5.41, 5.74) is -1.38. The van der Waals surface area contributed by atoms with Gasteiger partial charge in [-0.25, -0.2) is 13.4 Å². The Balaban J connectivity index is 2.66. The van der Waals surface area contributed by atoms with Gasteiger partial charge in [-0.3, -0.25) is 4.57 Å². The number of aryl methyl sites for hydroxylation is 1. The lowest BCUT2D eigenvalue weighted by Gasteiger charge is -2.13. The third-order valence-corrected chi connectivity index (χ3v) is 5.57. The quantitative estimate of drug-likeness (QED) is 0.492. The zero-order valence-corrected chi connectivity index (χ0v) is 15.0. The fourth-order valence-electron chi connectivity index (χ4n) is 1.88. The molecule has 0 amide bonds. The molecule has 0 fully saturated rings. The normalized spacial score (nSPS) is 13.3. The summed E-state index contributed by atoms with van der Waals surface area (Å²) in [5, 5.41) is -2.05. The van der Waals surface area contributed by atoms with Crippen LogP contribution in [0.1, 0.15) is 11.4 Å². The summed E-state index contributed by atoms with van der Waals surface area (Å²) in [4.78, 5) is 3.45. The van der Waals surface area contributed by atoms with Crippen LogP contribution in [0.25, 0.3) is 5.69 Å². The second kappa shape index (κ2) is 6.26. The molecule has 0 spiro atoms. The predicted octanol–water partition coefficient (Wildman–Crippen LogP) is 5.07. The van der Waals surface area contributed by atoms with Crippen LogP contribution in [0, 0.1) is 6.92 Å². The molecule has 2 aromatic rings. The number of halogens is 8. The van der Waals surface area contributed by atoms with Gasteiger partial charge in [-0.2, -0.15) is 22.0 Å². The van der Waals surface area contributed by atoms with Crippen LogP contribution in [0.2, 0.25) is 10.0 Å².